The first kappa shape index (κ1) is 9.53. The Bertz CT molecular complexity index is 346. The van der Waals surface area contributed by atoms with Crippen LogP contribution in [0.5, 0.6) is 5.75 Å². The number of aryl methyl sites for hydroxylation is 1. The second kappa shape index (κ2) is 3.62. The summed E-state index contributed by atoms with van der Waals surface area (Å²) in [5, 5.41) is 9.62. The lowest BCUT2D eigenvalue weighted by molar-refractivity contribution is 0.267. The molecule has 0 bridgehead atoms. The first-order valence-corrected chi connectivity index (χ1v) is 5.24. The van der Waals surface area contributed by atoms with Crippen LogP contribution in [0.3, 0.4) is 0 Å². The van der Waals surface area contributed by atoms with Crippen LogP contribution in [0.25, 0.3) is 0 Å². The highest BCUT2D eigenvalue weighted by Gasteiger charge is 2.15. The maximum Gasteiger partial charge on any atom is 0.118 e. The number of phenolic OH excluding ortho intramolecular Hbond substituents is 1. The number of nitrogens with zero attached hydrogens (tertiary/aromatic N) is 1. The lowest BCUT2D eigenvalue weighted by Gasteiger charge is -2.27. The zero-order valence-electron chi connectivity index (χ0n) is 8.88. The molecule has 0 aromatic heterocycles. The van der Waals surface area contributed by atoms with Gasteiger partial charge in [-0.2, -0.15) is 0 Å². The molecule has 0 atom stereocenters. The minimum Gasteiger partial charge on any atom is -0.508 e. The molecular weight excluding hydrogens is 174 g/mol. The largest absolute Gasteiger partial charge is 0.508 e. The molecule has 2 heteroatoms. The summed E-state index contributed by atoms with van der Waals surface area (Å²) in [5.74, 6) is 0.432. The number of phenols is 1. The normalized spacial score (nSPS) is 16.7. The summed E-state index contributed by atoms with van der Waals surface area (Å²) in [6.45, 7) is 7.36. The van der Waals surface area contributed by atoms with Crippen molar-refractivity contribution in [3.63, 3.8) is 0 Å². The lowest BCUT2D eigenvalue weighted by Crippen LogP contribution is -2.30. The summed E-state index contributed by atoms with van der Waals surface area (Å²) in [5.41, 5.74) is 3.69. The van der Waals surface area contributed by atoms with Gasteiger partial charge in [0.1, 0.15) is 5.75 Å². The van der Waals surface area contributed by atoms with Gasteiger partial charge in [-0.1, -0.05) is 13.0 Å². The summed E-state index contributed by atoms with van der Waals surface area (Å²) in [6.07, 6.45) is 1.12. The van der Waals surface area contributed by atoms with E-state index in [2.05, 4.69) is 17.9 Å². The second-order valence-corrected chi connectivity index (χ2v) is 4.03. The quantitative estimate of drug-likeness (QED) is 0.734. The Morgan fingerprint density at radius 3 is 2.86 bits per heavy atom. The molecule has 1 aromatic rings. The zero-order valence-corrected chi connectivity index (χ0v) is 8.88. The van der Waals surface area contributed by atoms with Gasteiger partial charge in [0.2, 0.25) is 0 Å². The van der Waals surface area contributed by atoms with Gasteiger partial charge in [0.05, 0.1) is 0 Å². The van der Waals surface area contributed by atoms with E-state index in [1.807, 2.05) is 13.0 Å². The molecule has 0 saturated carbocycles. The van der Waals surface area contributed by atoms with Gasteiger partial charge in [-0.3, -0.25) is 4.90 Å². The molecule has 0 saturated heterocycles. The Kier molecular flexibility index (Phi) is 2.46. The van der Waals surface area contributed by atoms with Crippen LogP contribution in [-0.2, 0) is 13.0 Å². The second-order valence-electron chi connectivity index (χ2n) is 4.03. The Morgan fingerprint density at radius 2 is 2.14 bits per heavy atom. The van der Waals surface area contributed by atoms with Gasteiger partial charge in [0, 0.05) is 13.1 Å². The van der Waals surface area contributed by atoms with E-state index in [9.17, 15) is 5.11 Å². The Balaban J connectivity index is 2.33. The third-order valence-electron chi connectivity index (χ3n) is 3.06. The van der Waals surface area contributed by atoms with Gasteiger partial charge in [-0.05, 0) is 42.6 Å². The fourth-order valence-corrected chi connectivity index (χ4v) is 2.05. The molecule has 14 heavy (non-hydrogen) atoms. The van der Waals surface area contributed by atoms with Gasteiger partial charge in [-0.15, -0.1) is 0 Å². The highest BCUT2D eigenvalue weighted by molar-refractivity contribution is 5.42. The van der Waals surface area contributed by atoms with E-state index < -0.39 is 0 Å². The van der Waals surface area contributed by atoms with E-state index in [0.717, 1.165) is 31.6 Å². The van der Waals surface area contributed by atoms with Crippen molar-refractivity contribution in [3.8, 4) is 5.75 Å². The smallest absolute Gasteiger partial charge is 0.118 e. The van der Waals surface area contributed by atoms with Crippen molar-refractivity contribution in [3.05, 3.63) is 28.8 Å². The fourth-order valence-electron chi connectivity index (χ4n) is 2.05. The molecule has 1 aliphatic heterocycles. The summed E-state index contributed by atoms with van der Waals surface area (Å²) < 4.78 is 0. The average molecular weight is 191 g/mol. The van der Waals surface area contributed by atoms with Crippen molar-refractivity contribution >= 4 is 0 Å². The van der Waals surface area contributed by atoms with Crippen molar-refractivity contribution in [2.24, 2.45) is 0 Å². The molecule has 1 N–H and O–H groups in total. The number of rotatable bonds is 1. The molecule has 0 spiro atoms. The number of hydrogen-bond acceptors (Lipinski definition) is 2. The standard InChI is InChI=1S/C12H17NO/c1-3-13-5-4-10-6-9(2)12(14)7-11(10)8-13/h6-7,14H,3-5,8H2,1-2H3. The first-order valence-electron chi connectivity index (χ1n) is 5.24. The Labute approximate surface area is 85.2 Å². The zero-order chi connectivity index (χ0) is 10.1. The fraction of sp³-hybridized carbons (Fsp3) is 0.500. The summed E-state index contributed by atoms with van der Waals surface area (Å²) >= 11 is 0. The van der Waals surface area contributed by atoms with Crippen LogP contribution < -0.4 is 0 Å². The van der Waals surface area contributed by atoms with Gasteiger partial charge in [-0.25, -0.2) is 0 Å². The highest BCUT2D eigenvalue weighted by Crippen LogP contribution is 2.26. The number of hydrogen-bond donors (Lipinski definition) is 1. The molecule has 1 heterocycles. The SMILES string of the molecule is CCN1CCc2cc(C)c(O)cc2C1. The lowest BCUT2D eigenvalue weighted by atomic mass is 9.97. The van der Waals surface area contributed by atoms with E-state index in [1.54, 1.807) is 0 Å². The third-order valence-corrected chi connectivity index (χ3v) is 3.06. The van der Waals surface area contributed by atoms with E-state index in [1.165, 1.54) is 11.1 Å². The maximum absolute atomic E-state index is 9.62. The maximum atomic E-state index is 9.62. The van der Waals surface area contributed by atoms with Gasteiger partial charge in [0.25, 0.3) is 0 Å². The molecule has 2 nitrogen and oxygen atoms in total. The monoisotopic (exact) mass is 191 g/mol. The van der Waals surface area contributed by atoms with Crippen LogP contribution in [0.2, 0.25) is 0 Å². The molecule has 0 aliphatic carbocycles. The van der Waals surface area contributed by atoms with E-state index in [-0.39, 0.29) is 0 Å². The minimum absolute atomic E-state index is 0.432. The van der Waals surface area contributed by atoms with Crippen LogP contribution in [0, 0.1) is 6.92 Å². The molecule has 1 aromatic carbocycles. The van der Waals surface area contributed by atoms with Crippen LogP contribution in [0.4, 0.5) is 0 Å². The molecule has 0 amide bonds. The minimum atomic E-state index is 0.432. The van der Waals surface area contributed by atoms with Gasteiger partial charge in [0.15, 0.2) is 0 Å². The topological polar surface area (TPSA) is 23.5 Å². The molecule has 76 valence electrons. The number of likely N-dealkylation sites (N-methyl/N-ethyl adjacent to an activating group) is 1. The molecule has 2 rings (SSSR count). The predicted molar refractivity (Wildman–Crippen MR) is 57.5 cm³/mol. The molecular formula is C12H17NO. The van der Waals surface area contributed by atoms with Crippen molar-refractivity contribution in [1.82, 2.24) is 4.90 Å². The summed E-state index contributed by atoms with van der Waals surface area (Å²) in [4.78, 5) is 2.40. The van der Waals surface area contributed by atoms with Crippen LogP contribution in [-0.4, -0.2) is 23.1 Å². The van der Waals surface area contributed by atoms with Gasteiger partial charge >= 0.3 is 0 Å². The van der Waals surface area contributed by atoms with E-state index >= 15 is 0 Å². The van der Waals surface area contributed by atoms with E-state index in [4.69, 9.17) is 0 Å². The highest BCUT2D eigenvalue weighted by atomic mass is 16.3. The number of aromatic hydroxyl groups is 1. The number of fused-ring (bicyclic) bond motifs is 1. The van der Waals surface area contributed by atoms with Crippen molar-refractivity contribution in [1.29, 1.82) is 0 Å². The molecule has 0 radical (unpaired) electrons. The molecule has 1 aliphatic rings. The summed E-state index contributed by atoms with van der Waals surface area (Å²) in [6, 6.07) is 4.05. The van der Waals surface area contributed by atoms with Gasteiger partial charge < -0.3 is 5.11 Å². The Hall–Kier alpha value is -1.02. The van der Waals surface area contributed by atoms with Crippen molar-refractivity contribution < 1.29 is 5.11 Å². The first-order chi connectivity index (χ1) is 6.70. The van der Waals surface area contributed by atoms with Crippen molar-refractivity contribution in [2.45, 2.75) is 26.8 Å². The van der Waals surface area contributed by atoms with E-state index in [0.29, 0.717) is 5.75 Å². The van der Waals surface area contributed by atoms with Crippen LogP contribution in [0.1, 0.15) is 23.6 Å². The van der Waals surface area contributed by atoms with Crippen LogP contribution in [0.15, 0.2) is 12.1 Å². The third kappa shape index (κ3) is 1.62. The predicted octanol–water partition coefficient (Wildman–Crippen LogP) is 2.08. The number of benzene rings is 1. The molecule has 0 unspecified atom stereocenters. The van der Waals surface area contributed by atoms with Crippen molar-refractivity contribution in [2.75, 3.05) is 13.1 Å². The summed E-state index contributed by atoms with van der Waals surface area (Å²) in [7, 11) is 0. The average Bonchev–Trinajstić information content (AvgIpc) is 2.19. The molecule has 0 fully saturated rings. The Morgan fingerprint density at radius 1 is 1.36 bits per heavy atom. The van der Waals surface area contributed by atoms with Crippen LogP contribution >= 0.6 is 0 Å².